The number of ether oxygens (including phenoxy) is 3. The molecular weight excluding hydrogens is 687 g/mol. The number of nitrogens with one attached hydrogen (secondary N) is 2. The van der Waals surface area contributed by atoms with Crippen LogP contribution < -0.4 is 20.1 Å². The van der Waals surface area contributed by atoms with E-state index in [1.54, 1.807) is 24.3 Å². The third-order valence-corrected chi connectivity index (χ3v) is 9.93. The van der Waals surface area contributed by atoms with Gasteiger partial charge in [-0.25, -0.2) is 4.79 Å². The van der Waals surface area contributed by atoms with Crippen molar-refractivity contribution in [3.05, 3.63) is 179 Å². The predicted octanol–water partition coefficient (Wildman–Crippen LogP) is 8.93. The van der Waals surface area contributed by atoms with Crippen molar-refractivity contribution in [1.82, 2.24) is 5.32 Å². The van der Waals surface area contributed by atoms with E-state index in [-0.39, 0.29) is 24.8 Å². The van der Waals surface area contributed by atoms with E-state index >= 15 is 0 Å². The molecule has 9 nitrogen and oxygen atoms in total. The maximum absolute atomic E-state index is 12.8. The Morgan fingerprint density at radius 1 is 0.774 bits per heavy atom. The minimum atomic E-state index is -0.639. The van der Waals surface area contributed by atoms with Crippen molar-refractivity contribution in [2.75, 3.05) is 11.1 Å². The number of carbonyl (C=O) groups is 1. The van der Waals surface area contributed by atoms with E-state index in [2.05, 4.69) is 22.8 Å². The van der Waals surface area contributed by atoms with Gasteiger partial charge >= 0.3 is 6.03 Å². The number of hydrogen-bond donors (Lipinski definition) is 3. The van der Waals surface area contributed by atoms with Crippen LogP contribution in [0.15, 0.2) is 157 Å². The number of hydrogen-bond acceptors (Lipinski definition) is 7. The lowest BCUT2D eigenvalue weighted by molar-refractivity contribution is -0.645. The minimum Gasteiger partial charge on any atom is -0.618 e. The molecular formula is C43H39N3O6S. The zero-order valence-corrected chi connectivity index (χ0v) is 29.7. The Balaban J connectivity index is 1.01. The molecule has 1 aromatic heterocycles. The Labute approximate surface area is 312 Å². The van der Waals surface area contributed by atoms with Gasteiger partial charge in [-0.05, 0) is 82.4 Å². The Bertz CT molecular complexity index is 2110. The highest BCUT2D eigenvalue weighted by Gasteiger charge is 2.33. The monoisotopic (exact) mass is 725 g/mol. The van der Waals surface area contributed by atoms with Crippen LogP contribution in [0.25, 0.3) is 11.1 Å². The third-order valence-electron chi connectivity index (χ3n) is 8.78. The Kier molecular flexibility index (Phi) is 11.6. The van der Waals surface area contributed by atoms with Crippen molar-refractivity contribution < 1.29 is 28.8 Å². The molecule has 5 aromatic carbocycles. The lowest BCUT2D eigenvalue weighted by Crippen LogP contribution is -2.32. The van der Waals surface area contributed by atoms with Crippen molar-refractivity contribution in [3.8, 4) is 22.6 Å². The maximum atomic E-state index is 12.8. The number of thioether (sulfide) groups is 1. The van der Waals surface area contributed by atoms with Crippen LogP contribution in [0.2, 0.25) is 0 Å². The van der Waals surface area contributed by atoms with Gasteiger partial charge in [-0.3, -0.25) is 0 Å². The Hall–Kier alpha value is -5.65. The van der Waals surface area contributed by atoms with Crippen LogP contribution in [0.3, 0.4) is 0 Å². The number of amides is 2. The van der Waals surface area contributed by atoms with Crippen LogP contribution in [0, 0.1) is 5.21 Å². The van der Waals surface area contributed by atoms with Gasteiger partial charge in [0.1, 0.15) is 11.5 Å². The first kappa shape index (κ1) is 35.7. The molecule has 2 heterocycles. The number of nitrogens with zero attached hydrogens (tertiary/aromatic N) is 1. The van der Waals surface area contributed by atoms with Crippen molar-refractivity contribution in [1.29, 1.82) is 0 Å². The summed E-state index contributed by atoms with van der Waals surface area (Å²) in [5.74, 6) is 2.00. The number of para-hydroxylation sites is 1. The molecule has 7 rings (SSSR count). The van der Waals surface area contributed by atoms with Gasteiger partial charge < -0.3 is 35.2 Å². The van der Waals surface area contributed by atoms with Crippen molar-refractivity contribution >= 4 is 23.5 Å². The number of aromatic nitrogens is 1. The van der Waals surface area contributed by atoms with E-state index in [0.717, 1.165) is 43.9 Å². The van der Waals surface area contributed by atoms with Gasteiger partial charge in [0.05, 0.1) is 18.8 Å². The first-order valence-electron chi connectivity index (χ1n) is 17.4. The van der Waals surface area contributed by atoms with Crippen LogP contribution >= 0.6 is 11.8 Å². The fraction of sp³-hybridized carbons (Fsp3) is 0.163. The highest BCUT2D eigenvalue weighted by Crippen LogP contribution is 2.40. The highest BCUT2D eigenvalue weighted by atomic mass is 32.2. The molecule has 1 fully saturated rings. The summed E-state index contributed by atoms with van der Waals surface area (Å²) < 4.78 is 19.8. The van der Waals surface area contributed by atoms with Gasteiger partial charge in [-0.15, -0.1) is 0 Å². The van der Waals surface area contributed by atoms with Crippen LogP contribution in [0.4, 0.5) is 10.5 Å². The number of carbonyl (C=O) groups excluding carboxylic acids is 1. The average Bonchev–Trinajstić information content (AvgIpc) is 3.21. The summed E-state index contributed by atoms with van der Waals surface area (Å²) in [6.45, 7) is 0.311. The quantitative estimate of drug-likeness (QED) is 0.0656. The molecule has 3 atom stereocenters. The fourth-order valence-electron chi connectivity index (χ4n) is 6.04. The molecule has 0 saturated carbocycles. The van der Waals surface area contributed by atoms with Crippen molar-refractivity contribution in [2.45, 2.75) is 43.1 Å². The van der Waals surface area contributed by atoms with Gasteiger partial charge in [0.15, 0.2) is 12.5 Å². The second-order valence-electron chi connectivity index (χ2n) is 12.6. The molecule has 0 bridgehead atoms. The number of pyridine rings is 1. The Morgan fingerprint density at radius 3 is 2.28 bits per heavy atom. The van der Waals surface area contributed by atoms with Crippen LogP contribution in [-0.2, 0) is 22.6 Å². The van der Waals surface area contributed by atoms with E-state index in [4.69, 9.17) is 14.2 Å². The number of urea groups is 1. The third kappa shape index (κ3) is 9.62. The summed E-state index contributed by atoms with van der Waals surface area (Å²) in [7, 11) is 0. The molecule has 0 spiro atoms. The van der Waals surface area contributed by atoms with Crippen LogP contribution in [-0.4, -0.2) is 23.0 Å². The summed E-state index contributed by atoms with van der Waals surface area (Å²) in [6.07, 6.45) is 1.04. The molecule has 1 aliphatic heterocycles. The lowest BCUT2D eigenvalue weighted by Gasteiger charge is -2.36. The molecule has 0 unspecified atom stereocenters. The molecule has 1 aliphatic rings. The van der Waals surface area contributed by atoms with Crippen LogP contribution in [0.1, 0.15) is 41.1 Å². The largest absolute Gasteiger partial charge is 0.618 e. The zero-order valence-electron chi connectivity index (χ0n) is 28.8. The number of benzene rings is 5. The molecule has 6 aromatic rings. The highest BCUT2D eigenvalue weighted by molar-refractivity contribution is 7.99. The zero-order chi connectivity index (χ0) is 36.4. The van der Waals surface area contributed by atoms with E-state index in [0.29, 0.717) is 35.2 Å². The second-order valence-corrected chi connectivity index (χ2v) is 13.6. The summed E-state index contributed by atoms with van der Waals surface area (Å²) in [5.41, 5.74) is 6.27. The van der Waals surface area contributed by atoms with E-state index in [9.17, 15) is 15.1 Å². The standard InChI is InChI=1S/C43H39N3O6S/c47-28-30-15-17-32(18-16-30)40-26-39(29-53-41-14-4-5-23-46(41)49)51-42(52-40)35-11-7-10-34(25-35)33-9-6-8-31(24-33)27-44-43(48)45-36-19-21-38(22-20-36)50-37-12-2-1-3-13-37/h1-25,39-40,42,47H,26-29H2,(H2,44,45,48)/t39-,40+,42+/m0/s1. The smallest absolute Gasteiger partial charge is 0.319 e. The van der Waals surface area contributed by atoms with E-state index in [1.165, 1.54) is 18.0 Å². The number of aliphatic hydroxyl groups excluding tert-OH is 1. The summed E-state index contributed by atoms with van der Waals surface area (Å²) in [6, 6.07) is 45.7. The van der Waals surface area contributed by atoms with Crippen molar-refractivity contribution in [3.63, 3.8) is 0 Å². The Morgan fingerprint density at radius 2 is 1.51 bits per heavy atom. The van der Waals surface area contributed by atoms with Crippen LogP contribution in [0.5, 0.6) is 11.5 Å². The van der Waals surface area contributed by atoms with Gasteiger partial charge in [-0.1, -0.05) is 90.6 Å². The topological polar surface area (TPSA) is 116 Å². The predicted molar refractivity (Wildman–Crippen MR) is 205 cm³/mol. The SMILES string of the molecule is O=C(NCc1cccc(-c2cccc([C@@H]3O[C@H](CSc4cccc[n+]4[O-])C[C@H](c4ccc(CO)cc4)O3)c2)c1)Nc1ccc(Oc2ccccc2)cc1. The molecule has 0 aliphatic carbocycles. The molecule has 3 N–H and O–H groups in total. The van der Waals surface area contributed by atoms with Gasteiger partial charge in [0.2, 0.25) is 0 Å². The van der Waals surface area contributed by atoms with Crippen molar-refractivity contribution in [2.24, 2.45) is 0 Å². The minimum absolute atomic E-state index is 0.0270. The second kappa shape index (κ2) is 17.2. The molecule has 1 saturated heterocycles. The summed E-state index contributed by atoms with van der Waals surface area (Å²) in [5, 5.41) is 28.3. The molecule has 10 heteroatoms. The summed E-state index contributed by atoms with van der Waals surface area (Å²) >= 11 is 1.46. The normalized spacial score (nSPS) is 16.8. The molecule has 53 heavy (non-hydrogen) atoms. The maximum Gasteiger partial charge on any atom is 0.319 e. The fourth-order valence-corrected chi connectivity index (χ4v) is 6.97. The first-order chi connectivity index (χ1) is 26.0. The van der Waals surface area contributed by atoms with E-state index < -0.39 is 6.29 Å². The lowest BCUT2D eigenvalue weighted by atomic mass is 9.99. The summed E-state index contributed by atoms with van der Waals surface area (Å²) in [4.78, 5) is 12.8. The first-order valence-corrected chi connectivity index (χ1v) is 18.4. The molecule has 2 amide bonds. The van der Waals surface area contributed by atoms with Gasteiger partial charge in [0, 0.05) is 42.1 Å². The number of anilines is 1. The average molecular weight is 726 g/mol. The van der Waals surface area contributed by atoms with E-state index in [1.807, 2.05) is 109 Å². The number of aliphatic hydroxyl groups is 1. The van der Waals surface area contributed by atoms with Gasteiger partial charge in [0.25, 0.3) is 5.03 Å². The molecule has 268 valence electrons. The molecule has 0 radical (unpaired) electrons. The van der Waals surface area contributed by atoms with Gasteiger partial charge in [-0.2, -0.15) is 4.73 Å². The number of rotatable bonds is 12.